The quantitative estimate of drug-likeness (QED) is 0.346. The molecule has 3 aromatic rings. The van der Waals surface area contributed by atoms with E-state index in [9.17, 15) is 14.4 Å². The van der Waals surface area contributed by atoms with E-state index in [0.717, 1.165) is 27.5 Å². The number of likely N-dealkylation sites (N-methyl/N-ethyl adjacent to an activating group) is 1. The normalized spacial score (nSPS) is 13.1. The first kappa shape index (κ1) is 29.7. The van der Waals surface area contributed by atoms with E-state index < -0.39 is 23.8 Å². The third-order valence-electron chi connectivity index (χ3n) is 6.54. The predicted octanol–water partition coefficient (Wildman–Crippen LogP) is 6.53. The van der Waals surface area contributed by atoms with Crippen molar-refractivity contribution in [2.75, 3.05) is 11.9 Å². The zero-order valence-corrected chi connectivity index (χ0v) is 24.3. The van der Waals surface area contributed by atoms with Crippen molar-refractivity contribution in [1.29, 1.82) is 0 Å². The second-order valence-electron chi connectivity index (χ2n) is 11.3. The molecule has 0 radical (unpaired) electrons. The summed E-state index contributed by atoms with van der Waals surface area (Å²) in [7, 11) is 0. The number of hydrogen-bond acceptors (Lipinski definition) is 4. The van der Waals surface area contributed by atoms with Crippen molar-refractivity contribution in [2.24, 2.45) is 5.92 Å². The van der Waals surface area contributed by atoms with Gasteiger partial charge in [-0.2, -0.15) is 0 Å². The molecule has 3 aromatic carbocycles. The lowest BCUT2D eigenvalue weighted by atomic mass is 9.95. The summed E-state index contributed by atoms with van der Waals surface area (Å²) in [6.45, 7) is 15.0. The molecule has 208 valence electrons. The molecular formula is C32H41N3O4. The van der Waals surface area contributed by atoms with Crippen LogP contribution >= 0.6 is 0 Å². The molecule has 0 aliphatic heterocycles. The van der Waals surface area contributed by atoms with Gasteiger partial charge in [-0.3, -0.25) is 9.59 Å². The molecule has 0 saturated carbocycles. The standard InChI is InChI=1S/C32H41N3O4/c1-9-35(30(37)27(20(2)3)34-31(38)39-32(6,7)8)28(26-18-21(4)14-15-22(26)5)29(36)33-25-17-16-23-12-10-11-13-24(23)19-25/h10-20,27-28H,9H2,1-8H3,(H,33,36)(H,34,38). The van der Waals surface area contributed by atoms with Gasteiger partial charge in [0.1, 0.15) is 17.7 Å². The number of nitrogens with zero attached hydrogens (tertiary/aromatic N) is 1. The lowest BCUT2D eigenvalue weighted by Gasteiger charge is -2.35. The van der Waals surface area contributed by atoms with Gasteiger partial charge in [-0.25, -0.2) is 4.79 Å². The average molecular weight is 532 g/mol. The summed E-state index contributed by atoms with van der Waals surface area (Å²) in [5.74, 6) is -0.909. The maximum absolute atomic E-state index is 14.0. The fourth-order valence-corrected chi connectivity index (χ4v) is 4.58. The summed E-state index contributed by atoms with van der Waals surface area (Å²) < 4.78 is 5.42. The van der Waals surface area contributed by atoms with Crippen molar-refractivity contribution in [3.63, 3.8) is 0 Å². The molecule has 3 amide bonds. The Bertz CT molecular complexity index is 1340. The Hall–Kier alpha value is -3.87. The smallest absolute Gasteiger partial charge is 0.408 e. The van der Waals surface area contributed by atoms with Gasteiger partial charge < -0.3 is 20.3 Å². The number of benzene rings is 3. The maximum atomic E-state index is 14.0. The van der Waals surface area contributed by atoms with Crippen LogP contribution in [-0.4, -0.2) is 41.0 Å². The van der Waals surface area contributed by atoms with Gasteiger partial charge in [-0.15, -0.1) is 0 Å². The van der Waals surface area contributed by atoms with Crippen LogP contribution in [0.1, 0.15) is 64.3 Å². The van der Waals surface area contributed by atoms with Crippen molar-refractivity contribution in [1.82, 2.24) is 10.2 Å². The molecule has 7 heteroatoms. The first-order valence-electron chi connectivity index (χ1n) is 13.5. The number of amides is 3. The molecule has 0 aromatic heterocycles. The van der Waals surface area contributed by atoms with E-state index in [-0.39, 0.29) is 24.3 Å². The minimum atomic E-state index is -0.907. The van der Waals surface area contributed by atoms with E-state index >= 15 is 0 Å². The van der Waals surface area contributed by atoms with Crippen LogP contribution in [0.15, 0.2) is 60.7 Å². The van der Waals surface area contributed by atoms with E-state index in [2.05, 4.69) is 10.6 Å². The van der Waals surface area contributed by atoms with Gasteiger partial charge in [0, 0.05) is 12.2 Å². The molecule has 0 heterocycles. The summed E-state index contributed by atoms with van der Waals surface area (Å²) >= 11 is 0. The molecule has 0 fully saturated rings. The van der Waals surface area contributed by atoms with Gasteiger partial charge >= 0.3 is 6.09 Å². The summed E-state index contributed by atoms with van der Waals surface area (Å²) in [6.07, 6.45) is -0.672. The van der Waals surface area contributed by atoms with E-state index in [4.69, 9.17) is 4.74 Å². The van der Waals surface area contributed by atoms with E-state index in [0.29, 0.717) is 5.69 Å². The second-order valence-corrected chi connectivity index (χ2v) is 11.3. The predicted molar refractivity (Wildman–Crippen MR) is 157 cm³/mol. The topological polar surface area (TPSA) is 87.7 Å². The fraction of sp³-hybridized carbons (Fsp3) is 0.406. The lowest BCUT2D eigenvalue weighted by molar-refractivity contribution is -0.141. The Balaban J connectivity index is 2.01. The Labute approximate surface area is 231 Å². The van der Waals surface area contributed by atoms with Crippen molar-refractivity contribution >= 4 is 34.4 Å². The highest BCUT2D eigenvalue weighted by atomic mass is 16.6. The minimum absolute atomic E-state index is 0.234. The SMILES string of the molecule is CCN(C(=O)C(NC(=O)OC(C)(C)C)C(C)C)C(C(=O)Nc1ccc2ccccc2c1)c1cc(C)ccc1C. The summed E-state index contributed by atoms with van der Waals surface area (Å²) in [5.41, 5.74) is 2.55. The Morgan fingerprint density at radius 1 is 0.923 bits per heavy atom. The number of alkyl carbamates (subject to hydrolysis) is 1. The van der Waals surface area contributed by atoms with Gasteiger partial charge in [0.25, 0.3) is 5.91 Å². The summed E-state index contributed by atoms with van der Waals surface area (Å²) in [4.78, 5) is 42.2. The van der Waals surface area contributed by atoms with Crippen LogP contribution in [-0.2, 0) is 14.3 Å². The first-order chi connectivity index (χ1) is 18.3. The number of nitrogens with one attached hydrogen (secondary N) is 2. The van der Waals surface area contributed by atoms with Gasteiger partial charge in [0.15, 0.2) is 0 Å². The molecule has 0 aliphatic carbocycles. The van der Waals surface area contributed by atoms with Crippen LogP contribution in [0.2, 0.25) is 0 Å². The number of fused-ring (bicyclic) bond motifs is 1. The fourth-order valence-electron chi connectivity index (χ4n) is 4.58. The number of hydrogen-bond donors (Lipinski definition) is 2. The van der Waals surface area contributed by atoms with E-state index in [1.54, 1.807) is 25.7 Å². The number of rotatable bonds is 8. The molecule has 0 aliphatic rings. The van der Waals surface area contributed by atoms with Gasteiger partial charge in [-0.1, -0.05) is 67.9 Å². The first-order valence-corrected chi connectivity index (χ1v) is 13.5. The van der Waals surface area contributed by atoms with Crippen LogP contribution in [0.5, 0.6) is 0 Å². The van der Waals surface area contributed by atoms with Crippen LogP contribution in [0.25, 0.3) is 10.8 Å². The second kappa shape index (κ2) is 12.3. The molecule has 0 saturated heterocycles. The van der Waals surface area contributed by atoms with Crippen LogP contribution < -0.4 is 10.6 Å². The zero-order valence-electron chi connectivity index (χ0n) is 24.3. The highest BCUT2D eigenvalue weighted by Crippen LogP contribution is 2.29. The highest BCUT2D eigenvalue weighted by Gasteiger charge is 2.37. The number of carbonyl (C=O) groups is 3. The van der Waals surface area contributed by atoms with Crippen molar-refractivity contribution in [3.05, 3.63) is 77.4 Å². The number of anilines is 1. The maximum Gasteiger partial charge on any atom is 0.408 e. The van der Waals surface area contributed by atoms with Gasteiger partial charge in [0.05, 0.1) is 0 Å². The van der Waals surface area contributed by atoms with Gasteiger partial charge in [-0.05, 0) is 81.5 Å². The largest absolute Gasteiger partial charge is 0.444 e. The molecule has 39 heavy (non-hydrogen) atoms. The molecule has 7 nitrogen and oxygen atoms in total. The van der Waals surface area contributed by atoms with E-state index in [1.807, 2.05) is 95.3 Å². The lowest BCUT2D eigenvalue weighted by Crippen LogP contribution is -2.54. The molecule has 3 rings (SSSR count). The molecule has 2 unspecified atom stereocenters. The minimum Gasteiger partial charge on any atom is -0.444 e. The summed E-state index contributed by atoms with van der Waals surface area (Å²) in [6, 6.07) is 17.8. The van der Waals surface area contributed by atoms with Crippen LogP contribution in [0.4, 0.5) is 10.5 Å². The van der Waals surface area contributed by atoms with Gasteiger partial charge in [0.2, 0.25) is 5.91 Å². The number of ether oxygens (including phenoxy) is 1. The zero-order chi connectivity index (χ0) is 28.9. The van der Waals surface area contributed by atoms with Crippen molar-refractivity contribution < 1.29 is 19.1 Å². The molecule has 2 atom stereocenters. The summed E-state index contributed by atoms with van der Waals surface area (Å²) in [5, 5.41) is 7.86. The molecule has 0 spiro atoms. The average Bonchev–Trinajstić information content (AvgIpc) is 2.85. The Morgan fingerprint density at radius 3 is 2.21 bits per heavy atom. The van der Waals surface area contributed by atoms with Crippen LogP contribution in [0.3, 0.4) is 0 Å². The molecule has 0 bridgehead atoms. The molecular weight excluding hydrogens is 490 g/mol. The third kappa shape index (κ3) is 7.59. The highest BCUT2D eigenvalue weighted by molar-refractivity contribution is 6.00. The van der Waals surface area contributed by atoms with Crippen molar-refractivity contribution in [2.45, 2.75) is 73.1 Å². The van der Waals surface area contributed by atoms with E-state index in [1.165, 1.54) is 0 Å². The van der Waals surface area contributed by atoms with Crippen molar-refractivity contribution in [3.8, 4) is 0 Å². The monoisotopic (exact) mass is 531 g/mol. The Kier molecular flexibility index (Phi) is 9.38. The number of carbonyl (C=O) groups excluding carboxylic acids is 3. The third-order valence-corrected chi connectivity index (χ3v) is 6.54. The molecule has 2 N–H and O–H groups in total. The Morgan fingerprint density at radius 2 is 1.59 bits per heavy atom. The van der Waals surface area contributed by atoms with Crippen LogP contribution in [0, 0.1) is 19.8 Å². The number of aryl methyl sites for hydroxylation is 2.